The lowest BCUT2D eigenvalue weighted by molar-refractivity contribution is 0.0899. The van der Waals surface area contributed by atoms with Crippen molar-refractivity contribution in [1.29, 1.82) is 0 Å². The van der Waals surface area contributed by atoms with Crippen molar-refractivity contribution >= 4 is 51.4 Å². The lowest BCUT2D eigenvalue weighted by Crippen LogP contribution is -2.60. The van der Waals surface area contributed by atoms with Crippen LogP contribution in [0.4, 0.5) is 5.82 Å². The third-order valence-corrected chi connectivity index (χ3v) is 7.21. The molecule has 3 aromatic rings. The normalized spacial score (nSPS) is 17.0. The van der Waals surface area contributed by atoms with E-state index in [0.717, 1.165) is 29.7 Å². The van der Waals surface area contributed by atoms with Gasteiger partial charge in [0, 0.05) is 47.1 Å². The predicted molar refractivity (Wildman–Crippen MR) is 122 cm³/mol. The first-order chi connectivity index (χ1) is 14.4. The average Bonchev–Trinajstić information content (AvgIpc) is 2.66. The van der Waals surface area contributed by atoms with E-state index in [4.69, 9.17) is 49.3 Å². The maximum Gasteiger partial charge on any atom is 0.141 e. The summed E-state index contributed by atoms with van der Waals surface area (Å²) in [6, 6.07) is 5.46. The van der Waals surface area contributed by atoms with Crippen molar-refractivity contribution in [2.24, 2.45) is 5.41 Å². The van der Waals surface area contributed by atoms with Crippen LogP contribution in [0.15, 0.2) is 24.4 Å². The number of ether oxygens (including phenoxy) is 2. The Morgan fingerprint density at radius 1 is 0.967 bits per heavy atom. The smallest absolute Gasteiger partial charge is 0.141 e. The lowest BCUT2D eigenvalue weighted by Gasteiger charge is -2.56. The van der Waals surface area contributed by atoms with Gasteiger partial charge in [-0.3, -0.25) is 0 Å². The molecule has 0 amide bonds. The summed E-state index contributed by atoms with van der Waals surface area (Å²) in [5.41, 5.74) is 1.67. The number of anilines is 1. The van der Waals surface area contributed by atoms with Crippen molar-refractivity contribution in [3.63, 3.8) is 0 Å². The zero-order valence-electron chi connectivity index (χ0n) is 16.6. The summed E-state index contributed by atoms with van der Waals surface area (Å²) in [4.78, 5) is 11.6. The number of hydrogen-bond donors (Lipinski definition) is 0. The van der Waals surface area contributed by atoms with Gasteiger partial charge in [-0.2, -0.15) is 0 Å². The first-order valence-electron chi connectivity index (χ1n) is 9.76. The molecule has 0 radical (unpaired) electrons. The molecule has 2 aliphatic rings. The Kier molecular flexibility index (Phi) is 4.88. The van der Waals surface area contributed by atoms with Crippen LogP contribution in [-0.4, -0.2) is 37.3 Å². The quantitative estimate of drug-likeness (QED) is 0.426. The van der Waals surface area contributed by atoms with Gasteiger partial charge < -0.3 is 14.4 Å². The van der Waals surface area contributed by atoms with Crippen LogP contribution in [0, 0.1) is 5.41 Å². The topological polar surface area (TPSA) is 47.5 Å². The van der Waals surface area contributed by atoms with Crippen molar-refractivity contribution in [1.82, 2.24) is 9.97 Å². The highest BCUT2D eigenvalue weighted by Crippen LogP contribution is 2.51. The van der Waals surface area contributed by atoms with E-state index in [2.05, 4.69) is 9.88 Å². The fourth-order valence-corrected chi connectivity index (χ4v) is 5.34. The molecular weight excluding hydrogens is 445 g/mol. The Balaban J connectivity index is 1.70. The summed E-state index contributed by atoms with van der Waals surface area (Å²) in [5.74, 6) is 1.82. The molecular formula is C22H20Cl3N3O2. The molecule has 0 bridgehead atoms. The maximum absolute atomic E-state index is 6.66. The van der Waals surface area contributed by atoms with Gasteiger partial charge in [0.05, 0.1) is 30.0 Å². The molecule has 1 spiro atoms. The first-order valence-corrected chi connectivity index (χ1v) is 10.9. The van der Waals surface area contributed by atoms with E-state index in [0.29, 0.717) is 43.4 Å². The molecule has 1 aliphatic carbocycles. The summed E-state index contributed by atoms with van der Waals surface area (Å²) in [6.07, 6.45) is 5.64. The van der Waals surface area contributed by atoms with Gasteiger partial charge in [-0.25, -0.2) is 9.97 Å². The second kappa shape index (κ2) is 7.33. The summed E-state index contributed by atoms with van der Waals surface area (Å²) in [6.45, 7) is 2.00. The summed E-state index contributed by atoms with van der Waals surface area (Å²) in [7, 11) is 3.11. The number of hydrogen-bond acceptors (Lipinski definition) is 5. The molecule has 8 heteroatoms. The van der Waals surface area contributed by atoms with E-state index in [1.165, 1.54) is 19.3 Å². The van der Waals surface area contributed by atoms with Crippen molar-refractivity contribution in [2.75, 3.05) is 32.2 Å². The van der Waals surface area contributed by atoms with Crippen molar-refractivity contribution < 1.29 is 9.47 Å². The number of fused-ring (bicyclic) bond motifs is 1. The monoisotopic (exact) mass is 463 g/mol. The van der Waals surface area contributed by atoms with Crippen LogP contribution in [0.25, 0.3) is 22.0 Å². The summed E-state index contributed by atoms with van der Waals surface area (Å²) < 4.78 is 10.9. The molecule has 30 heavy (non-hydrogen) atoms. The number of halogens is 3. The Bertz CT molecular complexity index is 1130. The van der Waals surface area contributed by atoms with E-state index in [1.807, 2.05) is 12.1 Å². The first kappa shape index (κ1) is 20.0. The van der Waals surface area contributed by atoms with Crippen LogP contribution in [-0.2, 0) is 0 Å². The van der Waals surface area contributed by atoms with Crippen LogP contribution in [0.5, 0.6) is 11.5 Å². The third kappa shape index (κ3) is 3.06. The van der Waals surface area contributed by atoms with Crippen LogP contribution < -0.4 is 14.4 Å². The van der Waals surface area contributed by atoms with Gasteiger partial charge in [0.2, 0.25) is 0 Å². The van der Waals surface area contributed by atoms with Gasteiger partial charge in [-0.15, -0.1) is 0 Å². The van der Waals surface area contributed by atoms with Crippen LogP contribution in [0.3, 0.4) is 0 Å². The van der Waals surface area contributed by atoms with Gasteiger partial charge in [-0.05, 0) is 25.0 Å². The molecule has 0 unspecified atom stereocenters. The van der Waals surface area contributed by atoms with E-state index in [1.54, 1.807) is 26.5 Å². The van der Waals surface area contributed by atoms with Gasteiger partial charge in [0.15, 0.2) is 0 Å². The van der Waals surface area contributed by atoms with Crippen LogP contribution in [0.1, 0.15) is 19.3 Å². The standard InChI is InChI=1S/C22H20Cl3N3O2/c1-29-15-8-16(30-2)20(25)18(19(15)24)14-6-12-9-26-17(23)7-13(12)21(27-14)28-10-22(11-28)4-3-5-22/h6-9H,3-5,10-11H2,1-2H3. The molecule has 0 atom stereocenters. The third-order valence-electron chi connectivity index (χ3n) is 6.26. The molecule has 2 fully saturated rings. The van der Waals surface area contributed by atoms with Crippen molar-refractivity contribution in [3.8, 4) is 22.8 Å². The number of methoxy groups -OCH3 is 2. The number of pyridine rings is 2. The van der Waals surface area contributed by atoms with Gasteiger partial charge >= 0.3 is 0 Å². The van der Waals surface area contributed by atoms with Gasteiger partial charge in [0.1, 0.15) is 22.5 Å². The fraction of sp³-hybridized carbons (Fsp3) is 0.364. The second-order valence-corrected chi connectivity index (χ2v) is 9.20. The largest absolute Gasteiger partial charge is 0.495 e. The van der Waals surface area contributed by atoms with E-state index in [-0.39, 0.29) is 0 Å². The molecule has 1 saturated carbocycles. The zero-order valence-corrected chi connectivity index (χ0v) is 18.9. The molecule has 1 aromatic carbocycles. The maximum atomic E-state index is 6.66. The molecule has 2 aromatic heterocycles. The predicted octanol–water partition coefficient (Wildman–Crippen LogP) is 6.26. The number of benzene rings is 1. The zero-order chi connectivity index (χ0) is 21.0. The van der Waals surface area contributed by atoms with Crippen molar-refractivity contribution in [3.05, 3.63) is 39.6 Å². The molecule has 3 heterocycles. The fourth-order valence-electron chi connectivity index (χ4n) is 4.49. The van der Waals surface area contributed by atoms with Gasteiger partial charge in [0.25, 0.3) is 0 Å². The van der Waals surface area contributed by atoms with Crippen molar-refractivity contribution in [2.45, 2.75) is 19.3 Å². The average molecular weight is 465 g/mol. The molecule has 5 nitrogen and oxygen atoms in total. The number of nitrogens with zero attached hydrogens (tertiary/aromatic N) is 3. The van der Waals surface area contributed by atoms with Gasteiger partial charge in [-0.1, -0.05) is 41.2 Å². The van der Waals surface area contributed by atoms with E-state index < -0.39 is 0 Å². The highest BCUT2D eigenvalue weighted by molar-refractivity contribution is 6.41. The molecule has 0 N–H and O–H groups in total. The summed E-state index contributed by atoms with van der Waals surface area (Å²) in [5, 5.41) is 3.11. The van der Waals surface area contributed by atoms with E-state index >= 15 is 0 Å². The molecule has 1 saturated heterocycles. The number of rotatable bonds is 4. The Morgan fingerprint density at radius 2 is 1.63 bits per heavy atom. The Labute approximate surface area is 189 Å². The highest BCUT2D eigenvalue weighted by atomic mass is 35.5. The Hall–Kier alpha value is -1.95. The molecule has 1 aliphatic heterocycles. The minimum absolute atomic E-state index is 0.391. The van der Waals surface area contributed by atoms with Crippen LogP contribution >= 0.6 is 34.8 Å². The highest BCUT2D eigenvalue weighted by Gasteiger charge is 2.48. The minimum Gasteiger partial charge on any atom is -0.495 e. The number of aromatic nitrogens is 2. The van der Waals surface area contributed by atoms with Crippen LogP contribution in [0.2, 0.25) is 15.2 Å². The summed E-state index contributed by atoms with van der Waals surface area (Å²) >= 11 is 19.5. The second-order valence-electron chi connectivity index (χ2n) is 8.05. The Morgan fingerprint density at radius 3 is 2.20 bits per heavy atom. The van der Waals surface area contributed by atoms with E-state index in [9.17, 15) is 0 Å². The molecule has 156 valence electrons. The minimum atomic E-state index is 0.391. The lowest BCUT2D eigenvalue weighted by atomic mass is 9.63. The molecule has 5 rings (SSSR count). The SMILES string of the molecule is COc1cc(OC)c(Cl)c(-c2cc3cnc(Cl)cc3c(N3CC4(CCC4)C3)n2)c1Cl.